The summed E-state index contributed by atoms with van der Waals surface area (Å²) < 4.78 is 7.57. The van der Waals surface area contributed by atoms with Gasteiger partial charge in [0.25, 0.3) is 5.91 Å². The Balaban J connectivity index is 1.82. The predicted molar refractivity (Wildman–Crippen MR) is 97.0 cm³/mol. The average molecular weight is 326 g/mol. The first-order chi connectivity index (χ1) is 11.6. The molecule has 1 aliphatic carbocycles. The van der Waals surface area contributed by atoms with Crippen LogP contribution < -0.4 is 10.1 Å². The van der Waals surface area contributed by atoms with Crippen LogP contribution in [0.15, 0.2) is 30.3 Å². The molecule has 0 unspecified atom stereocenters. The molecule has 4 heteroatoms. The largest absolute Gasteiger partial charge is 0.497 e. The molecule has 1 aliphatic rings. The number of rotatable bonds is 4. The van der Waals surface area contributed by atoms with Gasteiger partial charge in [-0.3, -0.25) is 4.79 Å². The fourth-order valence-corrected chi connectivity index (χ4v) is 3.81. The minimum atomic E-state index is -0.0570. The van der Waals surface area contributed by atoms with Crippen LogP contribution in [0.25, 0.3) is 0 Å². The van der Waals surface area contributed by atoms with E-state index in [1.807, 2.05) is 30.3 Å². The molecule has 1 N–H and O–H groups in total. The Morgan fingerprint density at radius 1 is 1.17 bits per heavy atom. The summed E-state index contributed by atoms with van der Waals surface area (Å²) in [6.07, 6.45) is 6.33. The number of hydrogen-bond donors (Lipinski definition) is 1. The lowest BCUT2D eigenvalue weighted by Crippen LogP contribution is -2.17. The minimum absolute atomic E-state index is 0.0570. The zero-order valence-electron chi connectivity index (χ0n) is 14.8. The summed E-state index contributed by atoms with van der Waals surface area (Å²) in [7, 11) is 1.62. The molecule has 0 radical (unpaired) electrons. The van der Waals surface area contributed by atoms with Crippen molar-refractivity contribution in [2.45, 2.75) is 52.0 Å². The first kappa shape index (κ1) is 16.6. The highest BCUT2D eigenvalue weighted by atomic mass is 16.5. The van der Waals surface area contributed by atoms with E-state index in [4.69, 9.17) is 4.74 Å². The maximum absolute atomic E-state index is 12.7. The second-order valence-corrected chi connectivity index (χ2v) is 6.63. The van der Waals surface area contributed by atoms with Gasteiger partial charge in [-0.15, -0.1) is 0 Å². The lowest BCUT2D eigenvalue weighted by molar-refractivity contribution is 0.102. The summed E-state index contributed by atoms with van der Waals surface area (Å²) in [4.78, 5) is 12.7. The van der Waals surface area contributed by atoms with Gasteiger partial charge in [0, 0.05) is 29.2 Å². The van der Waals surface area contributed by atoms with E-state index in [2.05, 4.69) is 23.7 Å². The average Bonchev–Trinajstić information content (AvgIpc) is 2.90. The number of hydrogen-bond acceptors (Lipinski definition) is 2. The molecule has 3 rings (SSSR count). The van der Waals surface area contributed by atoms with Crippen molar-refractivity contribution in [1.82, 2.24) is 4.57 Å². The first-order valence-corrected chi connectivity index (χ1v) is 8.74. The Labute approximate surface area is 143 Å². The smallest absolute Gasteiger partial charge is 0.257 e. The number of carbonyl (C=O) groups excluding carboxylic acids is 1. The maximum Gasteiger partial charge on any atom is 0.257 e. The Morgan fingerprint density at radius 2 is 1.92 bits per heavy atom. The lowest BCUT2D eigenvalue weighted by atomic mass is 9.95. The SMILES string of the molecule is COc1cccc(NC(=O)c2cc(C)n(C3CCCCC3)c2C)c1. The summed E-state index contributed by atoms with van der Waals surface area (Å²) in [6.45, 7) is 4.16. The number of methoxy groups -OCH3 is 1. The molecule has 4 nitrogen and oxygen atoms in total. The maximum atomic E-state index is 12.7. The highest BCUT2D eigenvalue weighted by molar-refractivity contribution is 6.05. The van der Waals surface area contributed by atoms with Crippen LogP contribution >= 0.6 is 0 Å². The number of nitrogens with one attached hydrogen (secondary N) is 1. The normalized spacial score (nSPS) is 15.3. The van der Waals surface area contributed by atoms with Gasteiger partial charge in [0.05, 0.1) is 12.7 Å². The third-order valence-corrected chi connectivity index (χ3v) is 5.00. The Morgan fingerprint density at radius 3 is 2.62 bits per heavy atom. The van der Waals surface area contributed by atoms with E-state index < -0.39 is 0 Å². The lowest BCUT2D eigenvalue weighted by Gasteiger charge is -2.26. The molecule has 0 saturated heterocycles. The van der Waals surface area contributed by atoms with Crippen LogP contribution in [0.4, 0.5) is 5.69 Å². The molecule has 1 aromatic heterocycles. The number of ether oxygens (including phenoxy) is 1. The van der Waals surface area contributed by atoms with Crippen molar-refractivity contribution in [3.05, 3.63) is 47.3 Å². The monoisotopic (exact) mass is 326 g/mol. The van der Waals surface area contributed by atoms with E-state index in [9.17, 15) is 4.79 Å². The van der Waals surface area contributed by atoms with Crippen LogP contribution in [0.3, 0.4) is 0 Å². The molecule has 1 fully saturated rings. The molecule has 1 aromatic carbocycles. The molecular formula is C20H26N2O2. The second kappa shape index (κ2) is 7.12. The fourth-order valence-electron chi connectivity index (χ4n) is 3.81. The van der Waals surface area contributed by atoms with Gasteiger partial charge in [0.2, 0.25) is 0 Å². The van der Waals surface area contributed by atoms with E-state index in [-0.39, 0.29) is 5.91 Å². The predicted octanol–water partition coefficient (Wildman–Crippen LogP) is 4.87. The van der Waals surface area contributed by atoms with Gasteiger partial charge in [-0.05, 0) is 44.9 Å². The Kier molecular flexibility index (Phi) is 4.93. The van der Waals surface area contributed by atoms with Gasteiger partial charge in [0.1, 0.15) is 5.75 Å². The van der Waals surface area contributed by atoms with Gasteiger partial charge in [-0.25, -0.2) is 0 Å². The molecule has 1 saturated carbocycles. The summed E-state index contributed by atoms with van der Waals surface area (Å²) in [6, 6.07) is 10.0. The van der Waals surface area contributed by atoms with Crippen molar-refractivity contribution < 1.29 is 9.53 Å². The zero-order valence-corrected chi connectivity index (χ0v) is 14.8. The highest BCUT2D eigenvalue weighted by Crippen LogP contribution is 2.32. The van der Waals surface area contributed by atoms with Crippen LogP contribution in [0.2, 0.25) is 0 Å². The van der Waals surface area contributed by atoms with Crippen LogP contribution in [-0.4, -0.2) is 17.6 Å². The van der Waals surface area contributed by atoms with Crippen LogP contribution in [0, 0.1) is 13.8 Å². The minimum Gasteiger partial charge on any atom is -0.497 e. The van der Waals surface area contributed by atoms with Crippen LogP contribution in [0.5, 0.6) is 5.75 Å². The van der Waals surface area contributed by atoms with Crippen LogP contribution in [-0.2, 0) is 0 Å². The number of benzene rings is 1. The van der Waals surface area contributed by atoms with E-state index >= 15 is 0 Å². The van der Waals surface area contributed by atoms with Crippen LogP contribution in [0.1, 0.15) is 59.9 Å². The number of aryl methyl sites for hydroxylation is 1. The molecule has 0 spiro atoms. The van der Waals surface area contributed by atoms with E-state index in [0.29, 0.717) is 6.04 Å². The van der Waals surface area contributed by atoms with Crippen molar-refractivity contribution in [3.8, 4) is 5.75 Å². The van der Waals surface area contributed by atoms with Crippen molar-refractivity contribution in [3.63, 3.8) is 0 Å². The number of anilines is 1. The van der Waals surface area contributed by atoms with Crippen molar-refractivity contribution in [1.29, 1.82) is 0 Å². The van der Waals surface area contributed by atoms with E-state index in [0.717, 1.165) is 22.7 Å². The van der Waals surface area contributed by atoms with Gasteiger partial charge >= 0.3 is 0 Å². The number of nitrogens with zero attached hydrogens (tertiary/aromatic N) is 1. The van der Waals surface area contributed by atoms with Gasteiger partial charge in [-0.1, -0.05) is 25.3 Å². The standard InChI is InChI=1S/C20H26N2O2/c1-14-12-19(15(2)22(14)17-9-5-4-6-10-17)20(23)21-16-8-7-11-18(13-16)24-3/h7-8,11-13,17H,4-6,9-10H2,1-3H3,(H,21,23). The second-order valence-electron chi connectivity index (χ2n) is 6.63. The molecule has 0 bridgehead atoms. The molecule has 0 atom stereocenters. The molecule has 0 aliphatic heterocycles. The van der Waals surface area contributed by atoms with E-state index in [1.54, 1.807) is 7.11 Å². The summed E-state index contributed by atoms with van der Waals surface area (Å²) >= 11 is 0. The summed E-state index contributed by atoms with van der Waals surface area (Å²) in [5, 5.41) is 2.98. The van der Waals surface area contributed by atoms with Gasteiger partial charge in [-0.2, -0.15) is 0 Å². The molecule has 2 aromatic rings. The molecule has 1 amide bonds. The summed E-state index contributed by atoms with van der Waals surface area (Å²) in [5.41, 5.74) is 3.76. The fraction of sp³-hybridized carbons (Fsp3) is 0.450. The van der Waals surface area contributed by atoms with Crippen molar-refractivity contribution in [2.75, 3.05) is 12.4 Å². The van der Waals surface area contributed by atoms with Gasteiger partial charge in [0.15, 0.2) is 0 Å². The third-order valence-electron chi connectivity index (χ3n) is 5.00. The molecule has 128 valence electrons. The molecular weight excluding hydrogens is 300 g/mol. The first-order valence-electron chi connectivity index (χ1n) is 8.74. The van der Waals surface area contributed by atoms with Crippen molar-refractivity contribution >= 4 is 11.6 Å². The third kappa shape index (κ3) is 3.32. The topological polar surface area (TPSA) is 43.3 Å². The Hall–Kier alpha value is -2.23. The zero-order chi connectivity index (χ0) is 17.1. The quantitative estimate of drug-likeness (QED) is 0.871. The van der Waals surface area contributed by atoms with Gasteiger partial charge < -0.3 is 14.6 Å². The van der Waals surface area contributed by atoms with E-state index in [1.165, 1.54) is 37.8 Å². The molecule has 24 heavy (non-hydrogen) atoms. The molecule has 1 heterocycles. The number of aromatic nitrogens is 1. The Bertz CT molecular complexity index is 727. The highest BCUT2D eigenvalue weighted by Gasteiger charge is 2.22. The summed E-state index contributed by atoms with van der Waals surface area (Å²) in [5.74, 6) is 0.680. The number of carbonyl (C=O) groups is 1. The van der Waals surface area contributed by atoms with Crippen molar-refractivity contribution in [2.24, 2.45) is 0 Å². The number of amides is 1.